The van der Waals surface area contributed by atoms with Crippen LogP contribution in [0.5, 0.6) is 0 Å². The van der Waals surface area contributed by atoms with Gasteiger partial charge in [-0.05, 0) is 68.3 Å². The average molecular weight is 497 g/mol. The number of alkyl carbamates (subject to hydrolysis) is 1. The Morgan fingerprint density at radius 3 is 2.61 bits per heavy atom. The second-order valence-electron chi connectivity index (χ2n) is 11.2. The van der Waals surface area contributed by atoms with Crippen molar-refractivity contribution in [2.24, 2.45) is 11.8 Å². The third kappa shape index (κ3) is 7.58. The summed E-state index contributed by atoms with van der Waals surface area (Å²) in [5.41, 5.74) is 3.34. The van der Waals surface area contributed by atoms with Crippen molar-refractivity contribution in [1.82, 2.24) is 10.5 Å². The number of rotatable bonds is 15. The highest BCUT2D eigenvalue weighted by atomic mass is 16.5. The van der Waals surface area contributed by atoms with Gasteiger partial charge in [0.15, 0.2) is 0 Å². The van der Waals surface area contributed by atoms with Crippen LogP contribution < -0.4 is 5.32 Å². The number of nitrogens with zero attached hydrogens (tertiary/aromatic N) is 1. The Kier molecular flexibility index (Phi) is 9.85. The van der Waals surface area contributed by atoms with Crippen molar-refractivity contribution in [3.05, 3.63) is 52.9 Å². The number of amides is 1. The molecular weight excluding hydrogens is 452 g/mol. The molecule has 0 saturated heterocycles. The lowest BCUT2D eigenvalue weighted by Crippen LogP contribution is -2.30. The Morgan fingerprint density at radius 1 is 1.14 bits per heavy atom. The molecule has 1 atom stereocenters. The fraction of sp³-hybridized carbons (Fsp3) is 0.667. The number of unbranched alkanes of at least 4 members (excludes halogenated alkanes) is 1. The molecule has 0 spiro atoms. The Labute approximate surface area is 216 Å². The molecule has 1 aromatic heterocycles. The van der Waals surface area contributed by atoms with E-state index in [1.807, 2.05) is 30.3 Å². The minimum absolute atomic E-state index is 0.0514. The van der Waals surface area contributed by atoms with E-state index >= 15 is 0 Å². The molecule has 0 bridgehead atoms. The maximum absolute atomic E-state index is 12.5. The lowest BCUT2D eigenvalue weighted by atomic mass is 9.69. The van der Waals surface area contributed by atoms with Crippen molar-refractivity contribution >= 4 is 6.09 Å². The highest BCUT2D eigenvalue weighted by Crippen LogP contribution is 2.52. The smallest absolute Gasteiger partial charge is 0.407 e. The van der Waals surface area contributed by atoms with E-state index in [1.54, 1.807) is 0 Å². The Bertz CT molecular complexity index is 932. The van der Waals surface area contributed by atoms with Crippen molar-refractivity contribution in [3.8, 4) is 0 Å². The standard InChI is InChI=1S/C30H44N2O4/c1-4-5-14-34-15-13-25(19-31-30(33)35-20-22-9-7-6-8-10-22)28-27(24-11-12-24)29(36-32-28)26-17-23(18-26)16-21(2)3/h6-10,21,23-26H,4-5,11-20H2,1-3H3,(H,31,33)/t23?,25-,26?/m1/s1. The van der Waals surface area contributed by atoms with Gasteiger partial charge in [0.1, 0.15) is 12.4 Å². The van der Waals surface area contributed by atoms with Crippen LogP contribution >= 0.6 is 0 Å². The summed E-state index contributed by atoms with van der Waals surface area (Å²) in [6, 6.07) is 9.75. The zero-order valence-corrected chi connectivity index (χ0v) is 22.3. The molecular formula is C30H44N2O4. The summed E-state index contributed by atoms with van der Waals surface area (Å²) in [5.74, 6) is 3.77. The fourth-order valence-corrected chi connectivity index (χ4v) is 5.39. The molecule has 2 aromatic rings. The molecule has 0 radical (unpaired) electrons. The van der Waals surface area contributed by atoms with Crippen molar-refractivity contribution in [2.75, 3.05) is 19.8 Å². The number of carbonyl (C=O) groups excluding carboxylic acids is 1. The van der Waals surface area contributed by atoms with Gasteiger partial charge in [-0.15, -0.1) is 0 Å². The topological polar surface area (TPSA) is 73.6 Å². The molecule has 2 saturated carbocycles. The van der Waals surface area contributed by atoms with Crippen LogP contribution in [0.25, 0.3) is 0 Å². The second kappa shape index (κ2) is 13.3. The van der Waals surface area contributed by atoms with Crippen LogP contribution in [0.1, 0.15) is 112 Å². The highest BCUT2D eigenvalue weighted by molar-refractivity contribution is 5.67. The van der Waals surface area contributed by atoms with Crippen LogP contribution in [0.2, 0.25) is 0 Å². The Morgan fingerprint density at radius 2 is 1.92 bits per heavy atom. The van der Waals surface area contributed by atoms with E-state index in [0.29, 0.717) is 25.0 Å². The lowest BCUT2D eigenvalue weighted by Gasteiger charge is -2.35. The molecule has 1 aromatic carbocycles. The Balaban J connectivity index is 1.39. The first-order valence-electron chi connectivity index (χ1n) is 14.1. The number of aromatic nitrogens is 1. The number of hydrogen-bond acceptors (Lipinski definition) is 5. The van der Waals surface area contributed by atoms with Gasteiger partial charge in [0.05, 0.1) is 5.69 Å². The minimum atomic E-state index is -0.400. The summed E-state index contributed by atoms with van der Waals surface area (Å²) in [6.07, 6.45) is 8.71. The van der Waals surface area contributed by atoms with Gasteiger partial charge in [-0.25, -0.2) is 4.79 Å². The molecule has 6 nitrogen and oxygen atoms in total. The van der Waals surface area contributed by atoms with E-state index in [-0.39, 0.29) is 12.5 Å². The summed E-state index contributed by atoms with van der Waals surface area (Å²) < 4.78 is 17.4. The highest BCUT2D eigenvalue weighted by Gasteiger charge is 2.41. The van der Waals surface area contributed by atoms with Crippen LogP contribution in [-0.4, -0.2) is 31.0 Å². The zero-order valence-electron chi connectivity index (χ0n) is 22.3. The number of carbonyl (C=O) groups is 1. The van der Waals surface area contributed by atoms with E-state index in [4.69, 9.17) is 14.0 Å². The van der Waals surface area contributed by atoms with Crippen LogP contribution in [0.4, 0.5) is 4.79 Å². The molecule has 1 N–H and O–H groups in total. The van der Waals surface area contributed by atoms with Gasteiger partial charge < -0.3 is 19.3 Å². The lowest BCUT2D eigenvalue weighted by molar-refractivity contribution is 0.120. The first-order chi connectivity index (χ1) is 17.5. The largest absolute Gasteiger partial charge is 0.445 e. The van der Waals surface area contributed by atoms with Crippen molar-refractivity contribution in [1.29, 1.82) is 0 Å². The number of ether oxygens (including phenoxy) is 2. The van der Waals surface area contributed by atoms with Gasteiger partial charge in [-0.3, -0.25) is 0 Å². The third-order valence-electron chi connectivity index (χ3n) is 7.53. The Hall–Kier alpha value is -2.34. The summed E-state index contributed by atoms with van der Waals surface area (Å²) in [6.45, 7) is 8.94. The maximum atomic E-state index is 12.5. The van der Waals surface area contributed by atoms with Gasteiger partial charge in [-0.2, -0.15) is 0 Å². The van der Waals surface area contributed by atoms with Crippen LogP contribution in [0.3, 0.4) is 0 Å². The first kappa shape index (κ1) is 26.7. The van der Waals surface area contributed by atoms with Gasteiger partial charge in [0.2, 0.25) is 0 Å². The molecule has 1 amide bonds. The molecule has 2 fully saturated rings. The number of hydrogen-bond donors (Lipinski definition) is 1. The molecule has 2 aliphatic rings. The monoisotopic (exact) mass is 496 g/mol. The van der Waals surface area contributed by atoms with Crippen LogP contribution in [0.15, 0.2) is 34.9 Å². The fourth-order valence-electron chi connectivity index (χ4n) is 5.39. The number of benzene rings is 1. The molecule has 4 rings (SSSR count). The molecule has 36 heavy (non-hydrogen) atoms. The van der Waals surface area contributed by atoms with Gasteiger partial charge in [0, 0.05) is 37.2 Å². The van der Waals surface area contributed by atoms with Gasteiger partial charge >= 0.3 is 6.09 Å². The zero-order chi connectivity index (χ0) is 25.3. The molecule has 6 heteroatoms. The van der Waals surface area contributed by atoms with E-state index in [1.165, 1.54) is 37.7 Å². The summed E-state index contributed by atoms with van der Waals surface area (Å²) in [4.78, 5) is 12.5. The molecule has 0 aliphatic heterocycles. The molecule has 198 valence electrons. The van der Waals surface area contributed by atoms with Gasteiger partial charge in [-0.1, -0.05) is 62.7 Å². The quantitative estimate of drug-likeness (QED) is 0.262. The summed E-state index contributed by atoms with van der Waals surface area (Å²) in [5, 5.41) is 7.62. The molecule has 1 heterocycles. The van der Waals surface area contributed by atoms with Crippen molar-refractivity contribution in [2.45, 2.75) is 96.5 Å². The maximum Gasteiger partial charge on any atom is 0.407 e. The SMILES string of the molecule is CCCCOCC[C@H](CNC(=O)OCc1ccccc1)c1noc(C2CC(CC(C)C)C2)c1C1CC1. The van der Waals surface area contributed by atoms with E-state index in [9.17, 15) is 4.79 Å². The second-order valence-corrected chi connectivity index (χ2v) is 11.2. The van der Waals surface area contributed by atoms with Crippen LogP contribution in [0, 0.1) is 11.8 Å². The van der Waals surface area contributed by atoms with Crippen LogP contribution in [-0.2, 0) is 16.1 Å². The molecule has 0 unspecified atom stereocenters. The summed E-state index contributed by atoms with van der Waals surface area (Å²) in [7, 11) is 0. The molecule has 2 aliphatic carbocycles. The van der Waals surface area contributed by atoms with E-state index in [2.05, 4.69) is 31.2 Å². The third-order valence-corrected chi connectivity index (χ3v) is 7.53. The number of nitrogens with one attached hydrogen (secondary N) is 1. The van der Waals surface area contributed by atoms with Crippen molar-refractivity contribution < 1.29 is 18.8 Å². The minimum Gasteiger partial charge on any atom is -0.445 e. The van der Waals surface area contributed by atoms with E-state index < -0.39 is 6.09 Å². The summed E-state index contributed by atoms with van der Waals surface area (Å²) >= 11 is 0. The normalized spacial score (nSPS) is 20.2. The predicted octanol–water partition coefficient (Wildman–Crippen LogP) is 7.31. The van der Waals surface area contributed by atoms with E-state index in [0.717, 1.165) is 54.7 Å². The predicted molar refractivity (Wildman–Crippen MR) is 141 cm³/mol. The average Bonchev–Trinajstić information content (AvgIpc) is 3.60. The van der Waals surface area contributed by atoms with Gasteiger partial charge in [0.25, 0.3) is 0 Å². The first-order valence-corrected chi connectivity index (χ1v) is 14.1. The van der Waals surface area contributed by atoms with Crippen molar-refractivity contribution in [3.63, 3.8) is 0 Å².